The Balaban J connectivity index is 1.43. The van der Waals surface area contributed by atoms with Crippen molar-refractivity contribution < 1.29 is 14.7 Å². The molecule has 1 amide bonds. The molecule has 2 aromatic carbocycles. The molecule has 184 valence electrons. The SMILES string of the molecule is CN1CCN(c2ccc(N3C(=O)C(O)=C(C(=O)CCc4ccccc4)C3c3cccnc3)cc2)CC1. The van der Waals surface area contributed by atoms with E-state index < -0.39 is 17.7 Å². The molecule has 1 fully saturated rings. The lowest BCUT2D eigenvalue weighted by Gasteiger charge is -2.34. The number of amides is 1. The first kappa shape index (κ1) is 23.8. The van der Waals surface area contributed by atoms with Gasteiger partial charge in [-0.15, -0.1) is 0 Å². The summed E-state index contributed by atoms with van der Waals surface area (Å²) >= 11 is 0. The van der Waals surface area contributed by atoms with E-state index in [4.69, 9.17) is 0 Å². The van der Waals surface area contributed by atoms with Crippen LogP contribution in [0.5, 0.6) is 0 Å². The highest BCUT2D eigenvalue weighted by molar-refractivity contribution is 6.16. The summed E-state index contributed by atoms with van der Waals surface area (Å²) in [7, 11) is 2.12. The minimum absolute atomic E-state index is 0.132. The Morgan fingerprint density at radius 2 is 1.64 bits per heavy atom. The van der Waals surface area contributed by atoms with Gasteiger partial charge in [-0.25, -0.2) is 0 Å². The molecular formula is C29H30N4O3. The second kappa shape index (κ2) is 10.3. The number of likely N-dealkylation sites (N-methyl/N-ethyl adjacent to an activating group) is 1. The number of rotatable bonds is 7. The molecule has 7 nitrogen and oxygen atoms in total. The Kier molecular flexibility index (Phi) is 6.82. The zero-order chi connectivity index (χ0) is 25.1. The van der Waals surface area contributed by atoms with Crippen molar-refractivity contribution in [2.75, 3.05) is 43.0 Å². The van der Waals surface area contributed by atoms with E-state index in [0.29, 0.717) is 17.7 Å². The normalized spacial score (nSPS) is 18.7. The minimum Gasteiger partial charge on any atom is -0.503 e. The largest absolute Gasteiger partial charge is 0.503 e. The summed E-state index contributed by atoms with van der Waals surface area (Å²) < 4.78 is 0. The Bertz CT molecular complexity index is 1250. The van der Waals surface area contributed by atoms with Crippen molar-refractivity contribution in [2.24, 2.45) is 0 Å². The molecule has 1 unspecified atom stereocenters. The molecule has 2 aliphatic rings. The van der Waals surface area contributed by atoms with Gasteiger partial charge in [-0.05, 0) is 54.9 Å². The van der Waals surface area contributed by atoms with Crippen LogP contribution in [0.4, 0.5) is 11.4 Å². The molecule has 1 N–H and O–H groups in total. The second-order valence-corrected chi connectivity index (χ2v) is 9.34. The number of carbonyl (C=O) groups excluding carboxylic acids is 2. The third kappa shape index (κ3) is 4.75. The number of nitrogens with zero attached hydrogens (tertiary/aromatic N) is 4. The molecule has 2 aliphatic heterocycles. The van der Waals surface area contributed by atoms with Crippen LogP contribution in [0.15, 0.2) is 90.5 Å². The Hall–Kier alpha value is -3.97. The molecule has 36 heavy (non-hydrogen) atoms. The molecule has 0 radical (unpaired) electrons. The zero-order valence-electron chi connectivity index (χ0n) is 20.4. The number of piperazine rings is 1. The summed E-state index contributed by atoms with van der Waals surface area (Å²) in [4.78, 5) is 37.1. The summed E-state index contributed by atoms with van der Waals surface area (Å²) in [6, 6.07) is 20.4. The van der Waals surface area contributed by atoms with Crippen LogP contribution in [-0.4, -0.2) is 59.9 Å². The lowest BCUT2D eigenvalue weighted by molar-refractivity contribution is -0.118. The first-order valence-electron chi connectivity index (χ1n) is 12.3. The summed E-state index contributed by atoms with van der Waals surface area (Å²) in [5, 5.41) is 10.9. The van der Waals surface area contributed by atoms with Crippen molar-refractivity contribution >= 4 is 23.1 Å². The highest BCUT2D eigenvalue weighted by Gasteiger charge is 2.44. The fourth-order valence-corrected chi connectivity index (χ4v) is 4.94. The van der Waals surface area contributed by atoms with Gasteiger partial charge in [-0.1, -0.05) is 36.4 Å². The number of aromatic nitrogens is 1. The third-order valence-electron chi connectivity index (χ3n) is 6.99. The molecule has 1 atom stereocenters. The van der Waals surface area contributed by atoms with Gasteiger partial charge in [0.05, 0.1) is 11.6 Å². The van der Waals surface area contributed by atoms with E-state index >= 15 is 0 Å². The molecule has 0 saturated carbocycles. The first-order chi connectivity index (χ1) is 17.5. The van der Waals surface area contributed by atoms with Gasteiger partial charge in [0, 0.05) is 56.4 Å². The molecule has 0 spiro atoms. The van der Waals surface area contributed by atoms with Crippen LogP contribution in [0.25, 0.3) is 0 Å². The number of carbonyl (C=O) groups is 2. The van der Waals surface area contributed by atoms with Gasteiger partial charge >= 0.3 is 0 Å². The first-order valence-corrected chi connectivity index (χ1v) is 12.3. The van der Waals surface area contributed by atoms with Crippen LogP contribution in [0, 0.1) is 0 Å². The second-order valence-electron chi connectivity index (χ2n) is 9.34. The number of pyridine rings is 1. The smallest absolute Gasteiger partial charge is 0.294 e. The summed E-state index contributed by atoms with van der Waals surface area (Å²) in [5.41, 5.74) is 3.56. The third-order valence-corrected chi connectivity index (χ3v) is 6.99. The molecule has 3 aromatic rings. The van der Waals surface area contributed by atoms with Crippen LogP contribution in [0.3, 0.4) is 0 Å². The van der Waals surface area contributed by atoms with Gasteiger partial charge in [-0.2, -0.15) is 0 Å². The number of benzene rings is 2. The van der Waals surface area contributed by atoms with E-state index in [1.54, 1.807) is 18.5 Å². The van der Waals surface area contributed by atoms with Crippen LogP contribution in [0.1, 0.15) is 23.6 Å². The standard InChI is InChI=1S/C29H30N4O3/c1-31-16-18-32(19-17-31)23-10-12-24(13-11-23)33-27(22-8-5-15-30-20-22)26(28(35)29(33)36)25(34)14-9-21-6-3-2-4-7-21/h2-8,10-13,15,20,27,35H,9,14,16-19H2,1H3. The van der Waals surface area contributed by atoms with E-state index in [9.17, 15) is 14.7 Å². The van der Waals surface area contributed by atoms with Crippen molar-refractivity contribution in [3.05, 3.63) is 102 Å². The molecule has 5 rings (SSSR count). The molecule has 0 aliphatic carbocycles. The van der Waals surface area contributed by atoms with E-state index in [2.05, 4.69) is 21.8 Å². The predicted octanol–water partition coefficient (Wildman–Crippen LogP) is 3.94. The van der Waals surface area contributed by atoms with Gasteiger partial charge < -0.3 is 14.9 Å². The number of aliphatic hydroxyl groups excluding tert-OH is 1. The number of Topliss-reactive ketones (excluding diaryl/α,β-unsaturated/α-hetero) is 1. The average Bonchev–Trinajstić information content (AvgIpc) is 3.19. The van der Waals surface area contributed by atoms with Crippen molar-refractivity contribution in [1.29, 1.82) is 0 Å². The highest BCUT2D eigenvalue weighted by Crippen LogP contribution is 2.41. The van der Waals surface area contributed by atoms with Crippen LogP contribution < -0.4 is 9.80 Å². The van der Waals surface area contributed by atoms with E-state index in [1.165, 1.54) is 4.90 Å². The van der Waals surface area contributed by atoms with Crippen LogP contribution in [-0.2, 0) is 16.0 Å². The number of hydrogen-bond donors (Lipinski definition) is 1. The van der Waals surface area contributed by atoms with Gasteiger partial charge in [0.2, 0.25) is 0 Å². The lowest BCUT2D eigenvalue weighted by atomic mass is 9.94. The van der Waals surface area contributed by atoms with Crippen molar-refractivity contribution in [3.63, 3.8) is 0 Å². The maximum absolute atomic E-state index is 13.4. The fraction of sp³-hybridized carbons (Fsp3) is 0.276. The summed E-state index contributed by atoms with van der Waals surface area (Å²) in [6.07, 6.45) is 4.02. The average molecular weight is 483 g/mol. The molecule has 0 bridgehead atoms. The molecular weight excluding hydrogens is 452 g/mol. The monoisotopic (exact) mass is 482 g/mol. The topological polar surface area (TPSA) is 77.0 Å². The van der Waals surface area contributed by atoms with Crippen molar-refractivity contribution in [1.82, 2.24) is 9.88 Å². The zero-order valence-corrected chi connectivity index (χ0v) is 20.4. The quantitative estimate of drug-likeness (QED) is 0.550. The lowest BCUT2D eigenvalue weighted by Crippen LogP contribution is -2.44. The fourth-order valence-electron chi connectivity index (χ4n) is 4.94. The van der Waals surface area contributed by atoms with Gasteiger partial charge in [-0.3, -0.25) is 19.5 Å². The maximum Gasteiger partial charge on any atom is 0.294 e. The highest BCUT2D eigenvalue weighted by atomic mass is 16.3. The predicted molar refractivity (Wildman–Crippen MR) is 140 cm³/mol. The van der Waals surface area contributed by atoms with Gasteiger partial charge in [0.25, 0.3) is 5.91 Å². The van der Waals surface area contributed by atoms with Gasteiger partial charge in [0.1, 0.15) is 0 Å². The van der Waals surface area contributed by atoms with Gasteiger partial charge in [0.15, 0.2) is 11.5 Å². The summed E-state index contributed by atoms with van der Waals surface area (Å²) in [5.74, 6) is -1.29. The van der Waals surface area contributed by atoms with E-state index in [1.807, 2.05) is 60.7 Å². The Labute approximate surface area is 211 Å². The molecule has 1 saturated heterocycles. The Morgan fingerprint density at radius 3 is 2.31 bits per heavy atom. The number of ketones is 1. The van der Waals surface area contributed by atoms with E-state index in [0.717, 1.165) is 37.4 Å². The van der Waals surface area contributed by atoms with Crippen molar-refractivity contribution in [3.8, 4) is 0 Å². The molecule has 1 aromatic heterocycles. The minimum atomic E-state index is -0.732. The van der Waals surface area contributed by atoms with Crippen LogP contribution >= 0.6 is 0 Å². The maximum atomic E-state index is 13.4. The van der Waals surface area contributed by atoms with Crippen molar-refractivity contribution in [2.45, 2.75) is 18.9 Å². The number of anilines is 2. The van der Waals surface area contributed by atoms with E-state index in [-0.39, 0.29) is 17.8 Å². The van der Waals surface area contributed by atoms with Crippen LogP contribution in [0.2, 0.25) is 0 Å². The molecule has 3 heterocycles. The number of aryl methyl sites for hydroxylation is 1. The number of hydrogen-bond acceptors (Lipinski definition) is 6. The number of aliphatic hydroxyl groups is 1. The summed E-state index contributed by atoms with van der Waals surface area (Å²) in [6.45, 7) is 3.89. The molecule has 7 heteroatoms. The Morgan fingerprint density at radius 1 is 0.944 bits per heavy atom.